The van der Waals surface area contributed by atoms with Crippen molar-refractivity contribution >= 4 is 23.2 Å². The molecule has 1 saturated heterocycles. The van der Waals surface area contributed by atoms with Gasteiger partial charge in [0.1, 0.15) is 18.4 Å². The highest BCUT2D eigenvalue weighted by Gasteiger charge is 2.42. The van der Waals surface area contributed by atoms with E-state index in [1.165, 1.54) is 17.0 Å². The van der Waals surface area contributed by atoms with Gasteiger partial charge in [-0.25, -0.2) is 4.39 Å². The van der Waals surface area contributed by atoms with E-state index in [0.717, 1.165) is 11.1 Å². The topological polar surface area (TPSA) is 40.6 Å². The standard InChI is InChI=1S/C24H21FN2O2/c1-16-12-13-20(17(2)14-16)27-22(28)15-26(21-11-7-6-10-19(21)25)24(29)23(27)18-8-4-3-5-9-18/h3-14,23H,15H2,1-2H3. The molecule has 4 nitrogen and oxygen atoms in total. The minimum absolute atomic E-state index is 0.118. The molecule has 1 aliphatic rings. The first-order valence-electron chi connectivity index (χ1n) is 9.47. The fourth-order valence-electron chi connectivity index (χ4n) is 3.84. The number of amides is 2. The smallest absolute Gasteiger partial charge is 0.255 e. The number of anilines is 2. The summed E-state index contributed by atoms with van der Waals surface area (Å²) in [6, 6.07) is 20.1. The SMILES string of the molecule is Cc1ccc(N2C(=O)CN(c3ccccc3F)C(=O)C2c2ccccc2)c(C)c1. The molecule has 0 radical (unpaired) electrons. The summed E-state index contributed by atoms with van der Waals surface area (Å²) in [5.41, 5.74) is 3.48. The van der Waals surface area contributed by atoms with Gasteiger partial charge in [-0.2, -0.15) is 0 Å². The summed E-state index contributed by atoms with van der Waals surface area (Å²) in [4.78, 5) is 29.6. The molecule has 1 unspecified atom stereocenters. The van der Waals surface area contributed by atoms with Crippen LogP contribution in [0.2, 0.25) is 0 Å². The van der Waals surface area contributed by atoms with Crippen molar-refractivity contribution in [3.05, 3.63) is 95.3 Å². The molecule has 0 N–H and O–H groups in total. The number of rotatable bonds is 3. The average Bonchev–Trinajstić information content (AvgIpc) is 2.71. The first-order chi connectivity index (χ1) is 14.0. The van der Waals surface area contributed by atoms with E-state index in [1.807, 2.05) is 62.4 Å². The second kappa shape index (κ2) is 7.51. The summed E-state index contributed by atoms with van der Waals surface area (Å²) in [6.45, 7) is 3.69. The van der Waals surface area contributed by atoms with E-state index in [9.17, 15) is 14.0 Å². The molecule has 1 aliphatic heterocycles. The van der Waals surface area contributed by atoms with E-state index in [0.29, 0.717) is 11.3 Å². The number of carbonyl (C=O) groups is 2. The first-order valence-corrected chi connectivity index (χ1v) is 9.47. The van der Waals surface area contributed by atoms with Crippen LogP contribution in [0, 0.1) is 19.7 Å². The zero-order valence-corrected chi connectivity index (χ0v) is 16.3. The molecular formula is C24H21FN2O2. The van der Waals surface area contributed by atoms with Crippen LogP contribution < -0.4 is 9.80 Å². The van der Waals surface area contributed by atoms with E-state index in [1.54, 1.807) is 17.0 Å². The molecule has 0 bridgehead atoms. The van der Waals surface area contributed by atoms with Gasteiger partial charge in [0.25, 0.3) is 5.91 Å². The highest BCUT2D eigenvalue weighted by Crippen LogP contribution is 2.36. The monoisotopic (exact) mass is 388 g/mol. The van der Waals surface area contributed by atoms with Crippen LogP contribution in [0.4, 0.5) is 15.8 Å². The van der Waals surface area contributed by atoms with Gasteiger partial charge in [-0.15, -0.1) is 0 Å². The fraction of sp³-hybridized carbons (Fsp3) is 0.167. The minimum atomic E-state index is -0.863. The number of halogens is 1. The number of hydrogen-bond donors (Lipinski definition) is 0. The number of benzene rings is 3. The molecule has 1 atom stereocenters. The first kappa shape index (κ1) is 18.9. The molecule has 0 saturated carbocycles. The normalized spacial score (nSPS) is 17.0. The number of carbonyl (C=O) groups excluding carboxylic acids is 2. The highest BCUT2D eigenvalue weighted by atomic mass is 19.1. The van der Waals surface area contributed by atoms with E-state index in [2.05, 4.69) is 0 Å². The lowest BCUT2D eigenvalue weighted by Crippen LogP contribution is -2.56. The Morgan fingerprint density at radius 3 is 2.24 bits per heavy atom. The molecule has 3 aromatic rings. The lowest BCUT2D eigenvalue weighted by molar-refractivity contribution is -0.128. The third kappa shape index (κ3) is 3.40. The van der Waals surface area contributed by atoms with Crippen LogP contribution in [-0.4, -0.2) is 18.4 Å². The quantitative estimate of drug-likeness (QED) is 0.660. The molecular weight excluding hydrogens is 367 g/mol. The van der Waals surface area contributed by atoms with Crippen molar-refractivity contribution < 1.29 is 14.0 Å². The summed E-state index contributed by atoms with van der Waals surface area (Å²) in [7, 11) is 0. The van der Waals surface area contributed by atoms with Gasteiger partial charge in [0, 0.05) is 5.69 Å². The third-order valence-electron chi connectivity index (χ3n) is 5.19. The van der Waals surface area contributed by atoms with Crippen LogP contribution in [0.3, 0.4) is 0 Å². The lowest BCUT2D eigenvalue weighted by atomic mass is 9.98. The van der Waals surface area contributed by atoms with Crippen LogP contribution in [0.1, 0.15) is 22.7 Å². The molecule has 146 valence electrons. The molecule has 1 heterocycles. The number of hydrogen-bond acceptors (Lipinski definition) is 2. The number of para-hydroxylation sites is 1. The minimum Gasteiger partial charge on any atom is -0.298 e. The number of nitrogens with zero attached hydrogens (tertiary/aromatic N) is 2. The Balaban J connectivity index is 1.85. The highest BCUT2D eigenvalue weighted by molar-refractivity contribution is 6.14. The van der Waals surface area contributed by atoms with Crippen LogP contribution >= 0.6 is 0 Å². The Bertz CT molecular complexity index is 1080. The zero-order chi connectivity index (χ0) is 20.5. The maximum absolute atomic E-state index is 14.4. The summed E-state index contributed by atoms with van der Waals surface area (Å²) < 4.78 is 14.4. The van der Waals surface area contributed by atoms with Gasteiger partial charge in [-0.3, -0.25) is 19.4 Å². The Morgan fingerprint density at radius 2 is 1.55 bits per heavy atom. The second-order valence-corrected chi connectivity index (χ2v) is 7.24. The fourth-order valence-corrected chi connectivity index (χ4v) is 3.84. The second-order valence-electron chi connectivity index (χ2n) is 7.24. The van der Waals surface area contributed by atoms with Crippen LogP contribution in [0.25, 0.3) is 0 Å². The van der Waals surface area contributed by atoms with Crippen molar-refractivity contribution in [3.63, 3.8) is 0 Å². The van der Waals surface area contributed by atoms with E-state index in [-0.39, 0.29) is 24.0 Å². The van der Waals surface area contributed by atoms with Gasteiger partial charge in [0.2, 0.25) is 5.91 Å². The maximum atomic E-state index is 14.4. The third-order valence-corrected chi connectivity index (χ3v) is 5.19. The average molecular weight is 388 g/mol. The number of piperazine rings is 1. The molecule has 1 fully saturated rings. The Morgan fingerprint density at radius 1 is 0.862 bits per heavy atom. The van der Waals surface area contributed by atoms with Gasteiger partial charge >= 0.3 is 0 Å². The largest absolute Gasteiger partial charge is 0.298 e. The number of aryl methyl sites for hydroxylation is 2. The van der Waals surface area contributed by atoms with Crippen molar-refractivity contribution in [2.75, 3.05) is 16.3 Å². The maximum Gasteiger partial charge on any atom is 0.255 e. The van der Waals surface area contributed by atoms with Crippen LogP contribution in [-0.2, 0) is 9.59 Å². The van der Waals surface area contributed by atoms with Gasteiger partial charge in [0.15, 0.2) is 0 Å². The Kier molecular flexibility index (Phi) is 4.89. The predicted octanol–water partition coefficient (Wildman–Crippen LogP) is 4.56. The van der Waals surface area contributed by atoms with Gasteiger partial charge in [-0.1, -0.05) is 60.2 Å². The van der Waals surface area contributed by atoms with Crippen molar-refractivity contribution in [2.45, 2.75) is 19.9 Å². The summed E-state index contributed by atoms with van der Waals surface area (Å²) in [5.74, 6) is -1.12. The van der Waals surface area contributed by atoms with Crippen molar-refractivity contribution in [3.8, 4) is 0 Å². The predicted molar refractivity (Wildman–Crippen MR) is 111 cm³/mol. The van der Waals surface area contributed by atoms with Crippen LogP contribution in [0.15, 0.2) is 72.8 Å². The molecule has 5 heteroatoms. The molecule has 0 spiro atoms. The van der Waals surface area contributed by atoms with Crippen molar-refractivity contribution in [2.24, 2.45) is 0 Å². The Hall–Kier alpha value is -3.47. The lowest BCUT2D eigenvalue weighted by Gasteiger charge is -2.41. The van der Waals surface area contributed by atoms with Gasteiger partial charge in [0.05, 0.1) is 5.69 Å². The van der Waals surface area contributed by atoms with Crippen molar-refractivity contribution in [1.82, 2.24) is 0 Å². The zero-order valence-electron chi connectivity index (χ0n) is 16.3. The van der Waals surface area contributed by atoms with Crippen molar-refractivity contribution in [1.29, 1.82) is 0 Å². The molecule has 2 amide bonds. The van der Waals surface area contributed by atoms with Gasteiger partial charge in [-0.05, 0) is 43.2 Å². The molecule has 0 aromatic heterocycles. The summed E-state index contributed by atoms with van der Waals surface area (Å²) >= 11 is 0. The van der Waals surface area contributed by atoms with Gasteiger partial charge < -0.3 is 0 Å². The van der Waals surface area contributed by atoms with Crippen LogP contribution in [0.5, 0.6) is 0 Å². The summed E-state index contributed by atoms with van der Waals surface area (Å²) in [6.07, 6.45) is 0. The van der Waals surface area contributed by atoms with E-state index < -0.39 is 11.9 Å². The molecule has 4 rings (SSSR count). The van der Waals surface area contributed by atoms with E-state index >= 15 is 0 Å². The Labute approximate surface area is 169 Å². The molecule has 29 heavy (non-hydrogen) atoms. The van der Waals surface area contributed by atoms with E-state index in [4.69, 9.17) is 0 Å². The molecule has 0 aliphatic carbocycles. The molecule has 3 aromatic carbocycles. The summed E-state index contributed by atoms with van der Waals surface area (Å²) in [5, 5.41) is 0.